The molecule has 0 unspecified atom stereocenters. The molecule has 3 rings (SSSR count). The van der Waals surface area contributed by atoms with E-state index in [2.05, 4.69) is 41.2 Å². The first-order valence-corrected chi connectivity index (χ1v) is 8.62. The lowest BCUT2D eigenvalue weighted by Crippen LogP contribution is -2.36. The Morgan fingerprint density at radius 3 is 2.62 bits per heavy atom. The van der Waals surface area contributed by atoms with Gasteiger partial charge in [-0.25, -0.2) is 0 Å². The zero-order chi connectivity index (χ0) is 17.1. The predicted octanol–water partition coefficient (Wildman–Crippen LogP) is 2.47. The van der Waals surface area contributed by atoms with Crippen molar-refractivity contribution in [3.63, 3.8) is 0 Å². The minimum Gasteiger partial charge on any atom is -0.337 e. The summed E-state index contributed by atoms with van der Waals surface area (Å²) in [6.07, 6.45) is 2.83. The highest BCUT2D eigenvalue weighted by Crippen LogP contribution is 2.17. The third-order valence-corrected chi connectivity index (χ3v) is 4.86. The molecule has 1 saturated heterocycles. The molecule has 0 spiro atoms. The number of nitrogens with zero attached hydrogens (tertiary/aromatic N) is 4. The van der Waals surface area contributed by atoms with Crippen molar-refractivity contribution in [3.05, 3.63) is 53.3 Å². The summed E-state index contributed by atoms with van der Waals surface area (Å²) < 4.78 is 1.71. The molecule has 0 bridgehead atoms. The minimum atomic E-state index is 0.106. The summed E-state index contributed by atoms with van der Waals surface area (Å²) in [6.45, 7) is 7.57. The van der Waals surface area contributed by atoms with Crippen molar-refractivity contribution in [2.24, 2.45) is 7.05 Å². The maximum Gasteiger partial charge on any atom is 0.257 e. The second-order valence-corrected chi connectivity index (χ2v) is 6.69. The number of carbonyl (C=O) groups excluding carboxylic acids is 1. The molecule has 0 N–H and O–H groups in total. The molecule has 1 atom stereocenters. The number of hydrogen-bond donors (Lipinski definition) is 0. The number of amides is 1. The number of hydrogen-bond acceptors (Lipinski definition) is 3. The first-order valence-electron chi connectivity index (χ1n) is 8.62. The van der Waals surface area contributed by atoms with Gasteiger partial charge in [0, 0.05) is 45.5 Å². The van der Waals surface area contributed by atoms with Crippen LogP contribution in [0.3, 0.4) is 0 Å². The van der Waals surface area contributed by atoms with E-state index in [4.69, 9.17) is 0 Å². The van der Waals surface area contributed by atoms with Crippen LogP contribution in [0.5, 0.6) is 0 Å². The lowest BCUT2D eigenvalue weighted by molar-refractivity contribution is 0.0760. The molecule has 128 valence electrons. The van der Waals surface area contributed by atoms with E-state index < -0.39 is 0 Å². The van der Waals surface area contributed by atoms with Gasteiger partial charge in [0.2, 0.25) is 0 Å². The molecule has 1 fully saturated rings. The monoisotopic (exact) mass is 326 g/mol. The van der Waals surface area contributed by atoms with Crippen molar-refractivity contribution >= 4 is 5.91 Å². The van der Waals surface area contributed by atoms with Crippen molar-refractivity contribution in [3.8, 4) is 0 Å². The molecule has 2 aromatic rings. The summed E-state index contributed by atoms with van der Waals surface area (Å²) >= 11 is 0. The molecule has 0 saturated carbocycles. The fraction of sp³-hybridized carbons (Fsp3) is 0.474. The summed E-state index contributed by atoms with van der Waals surface area (Å²) in [5, 5.41) is 4.29. The molecule has 24 heavy (non-hydrogen) atoms. The summed E-state index contributed by atoms with van der Waals surface area (Å²) in [6, 6.07) is 11.0. The van der Waals surface area contributed by atoms with Crippen molar-refractivity contribution in [1.29, 1.82) is 0 Å². The maximum atomic E-state index is 12.8. The summed E-state index contributed by atoms with van der Waals surface area (Å²) in [5.74, 6) is 0.106. The SMILES string of the molecule is Cc1nn(C)cc1C(=O)N1CC[C@H](C)N(Cc2ccccc2)CC1. The fourth-order valence-electron chi connectivity index (χ4n) is 3.34. The Morgan fingerprint density at radius 1 is 1.21 bits per heavy atom. The van der Waals surface area contributed by atoms with E-state index in [1.54, 1.807) is 4.68 Å². The molecule has 1 aromatic carbocycles. The van der Waals surface area contributed by atoms with Crippen LogP contribution in [0.15, 0.2) is 36.5 Å². The first kappa shape index (κ1) is 16.7. The van der Waals surface area contributed by atoms with Gasteiger partial charge in [-0.3, -0.25) is 14.4 Å². The van der Waals surface area contributed by atoms with Gasteiger partial charge >= 0.3 is 0 Å². The highest BCUT2D eigenvalue weighted by molar-refractivity contribution is 5.95. The molecule has 1 amide bonds. The van der Waals surface area contributed by atoms with Crippen LogP contribution < -0.4 is 0 Å². The third kappa shape index (κ3) is 3.67. The Morgan fingerprint density at radius 2 is 1.96 bits per heavy atom. The maximum absolute atomic E-state index is 12.8. The first-order chi connectivity index (χ1) is 11.5. The van der Waals surface area contributed by atoms with Gasteiger partial charge in [-0.1, -0.05) is 30.3 Å². The van der Waals surface area contributed by atoms with Crippen LogP contribution in [-0.2, 0) is 13.6 Å². The molecule has 0 radical (unpaired) electrons. The normalized spacial score (nSPS) is 19.3. The third-order valence-electron chi connectivity index (χ3n) is 4.86. The van der Waals surface area contributed by atoms with E-state index in [0.29, 0.717) is 6.04 Å². The zero-order valence-corrected chi connectivity index (χ0v) is 14.8. The Hall–Kier alpha value is -2.14. The molecule has 1 aliphatic heterocycles. The van der Waals surface area contributed by atoms with Crippen molar-refractivity contribution in [2.45, 2.75) is 32.9 Å². The molecule has 1 aliphatic rings. The van der Waals surface area contributed by atoms with Crippen LogP contribution in [0.4, 0.5) is 0 Å². The Kier molecular flexibility index (Phi) is 5.00. The average molecular weight is 326 g/mol. The lowest BCUT2D eigenvalue weighted by atomic mass is 10.1. The standard InChI is InChI=1S/C19H26N4O/c1-15-9-10-22(19(24)18-14-21(3)20-16(18)2)11-12-23(15)13-17-7-5-4-6-8-17/h4-8,14-15H,9-13H2,1-3H3/t15-/m0/s1. The van der Waals surface area contributed by atoms with Crippen LogP contribution in [0.1, 0.15) is 35.0 Å². The second-order valence-electron chi connectivity index (χ2n) is 6.69. The van der Waals surface area contributed by atoms with E-state index >= 15 is 0 Å². The van der Waals surface area contributed by atoms with Gasteiger partial charge in [0.05, 0.1) is 11.3 Å². The molecule has 5 heteroatoms. The van der Waals surface area contributed by atoms with Crippen molar-refractivity contribution in [1.82, 2.24) is 19.6 Å². The van der Waals surface area contributed by atoms with Gasteiger partial charge in [0.1, 0.15) is 0 Å². The topological polar surface area (TPSA) is 41.4 Å². The van der Waals surface area contributed by atoms with Crippen LogP contribution in [0, 0.1) is 6.92 Å². The quantitative estimate of drug-likeness (QED) is 0.870. The molecule has 2 heterocycles. The fourth-order valence-corrected chi connectivity index (χ4v) is 3.34. The minimum absolute atomic E-state index is 0.106. The Balaban J connectivity index is 1.67. The lowest BCUT2D eigenvalue weighted by Gasteiger charge is -2.26. The molecular weight excluding hydrogens is 300 g/mol. The van der Waals surface area contributed by atoms with Gasteiger partial charge < -0.3 is 4.90 Å². The van der Waals surface area contributed by atoms with E-state index in [-0.39, 0.29) is 5.91 Å². The van der Waals surface area contributed by atoms with Crippen LogP contribution in [0.25, 0.3) is 0 Å². The number of carbonyl (C=O) groups is 1. The van der Waals surface area contributed by atoms with Crippen molar-refractivity contribution in [2.75, 3.05) is 19.6 Å². The van der Waals surface area contributed by atoms with Crippen LogP contribution in [-0.4, -0.2) is 51.2 Å². The van der Waals surface area contributed by atoms with Crippen LogP contribution in [0.2, 0.25) is 0 Å². The average Bonchev–Trinajstić information content (AvgIpc) is 2.81. The van der Waals surface area contributed by atoms with Crippen LogP contribution >= 0.6 is 0 Å². The van der Waals surface area contributed by atoms with Gasteiger partial charge in [-0.15, -0.1) is 0 Å². The van der Waals surface area contributed by atoms with Gasteiger partial charge in [0.15, 0.2) is 0 Å². The highest BCUT2D eigenvalue weighted by Gasteiger charge is 2.26. The largest absolute Gasteiger partial charge is 0.337 e. The number of benzene rings is 1. The highest BCUT2D eigenvalue weighted by atomic mass is 16.2. The smallest absolute Gasteiger partial charge is 0.257 e. The van der Waals surface area contributed by atoms with Crippen molar-refractivity contribution < 1.29 is 4.79 Å². The summed E-state index contributed by atoms with van der Waals surface area (Å²) in [4.78, 5) is 17.3. The van der Waals surface area contributed by atoms with Gasteiger partial charge in [-0.05, 0) is 25.8 Å². The van der Waals surface area contributed by atoms with Gasteiger partial charge in [0.25, 0.3) is 5.91 Å². The summed E-state index contributed by atoms with van der Waals surface area (Å²) in [7, 11) is 1.86. The molecule has 1 aromatic heterocycles. The van der Waals surface area contributed by atoms with Gasteiger partial charge in [-0.2, -0.15) is 5.10 Å². The van der Waals surface area contributed by atoms with E-state index in [1.165, 1.54) is 5.56 Å². The molecule has 5 nitrogen and oxygen atoms in total. The molecule has 0 aliphatic carbocycles. The summed E-state index contributed by atoms with van der Waals surface area (Å²) in [5.41, 5.74) is 2.86. The van der Waals surface area contributed by atoms with E-state index in [0.717, 1.165) is 43.9 Å². The number of aryl methyl sites for hydroxylation is 2. The Bertz CT molecular complexity index is 695. The number of rotatable bonds is 3. The second kappa shape index (κ2) is 7.18. The van der Waals surface area contributed by atoms with E-state index in [9.17, 15) is 4.79 Å². The Labute approximate surface area is 143 Å². The molecular formula is C19H26N4O. The number of aromatic nitrogens is 2. The zero-order valence-electron chi connectivity index (χ0n) is 14.8. The van der Waals surface area contributed by atoms with E-state index in [1.807, 2.05) is 31.1 Å². The predicted molar refractivity (Wildman–Crippen MR) is 94.8 cm³/mol.